The van der Waals surface area contributed by atoms with Crippen LogP contribution in [0.25, 0.3) is 49.9 Å². The van der Waals surface area contributed by atoms with Crippen LogP contribution in [0.15, 0.2) is 77.5 Å². The van der Waals surface area contributed by atoms with Crippen LogP contribution in [0.4, 0.5) is 0 Å². The maximum atomic E-state index is 6.25. The molecule has 0 amide bonds. The Morgan fingerprint density at radius 3 is 2.68 bits per heavy atom. The van der Waals surface area contributed by atoms with Gasteiger partial charge in [-0.3, -0.25) is 4.98 Å². The average molecular weight is 364 g/mol. The second-order valence-corrected chi connectivity index (χ2v) is 7.34. The number of fused-ring (bicyclic) bond motifs is 6. The van der Waals surface area contributed by atoms with E-state index in [1.807, 2.05) is 24.5 Å². The van der Waals surface area contributed by atoms with Gasteiger partial charge < -0.3 is 4.42 Å². The van der Waals surface area contributed by atoms with E-state index in [0.717, 1.165) is 44.3 Å². The molecule has 3 aromatic heterocycles. The molecule has 0 atom stereocenters. The molecule has 28 heavy (non-hydrogen) atoms. The zero-order valence-electron chi connectivity index (χ0n) is 15.7. The summed E-state index contributed by atoms with van der Waals surface area (Å²) in [6.07, 6.45) is 4.00. The third-order valence-electron chi connectivity index (χ3n) is 5.58. The minimum absolute atomic E-state index is 0.836. The Hall–Kier alpha value is -3.66. The van der Waals surface area contributed by atoms with E-state index in [0.29, 0.717) is 0 Å². The number of aromatic nitrogens is 3. The fourth-order valence-corrected chi connectivity index (χ4v) is 4.23. The lowest BCUT2D eigenvalue weighted by Crippen LogP contribution is -2.28. The van der Waals surface area contributed by atoms with E-state index in [9.17, 15) is 0 Å². The molecule has 4 heteroatoms. The molecule has 6 rings (SSSR count). The van der Waals surface area contributed by atoms with Crippen LogP contribution in [0.2, 0.25) is 0 Å². The van der Waals surface area contributed by atoms with Crippen molar-refractivity contribution in [2.45, 2.75) is 6.92 Å². The number of aryl methyl sites for hydroxylation is 2. The molecular weight excluding hydrogens is 346 g/mol. The maximum Gasteiger partial charge on any atom is 0.336 e. The average Bonchev–Trinajstić information content (AvgIpc) is 3.21. The van der Waals surface area contributed by atoms with Crippen LogP contribution in [0, 0.1) is 6.92 Å². The van der Waals surface area contributed by atoms with Gasteiger partial charge in [0.05, 0.1) is 18.1 Å². The number of benzene rings is 3. The summed E-state index contributed by atoms with van der Waals surface area (Å²) >= 11 is 0. The second kappa shape index (κ2) is 5.42. The van der Waals surface area contributed by atoms with Crippen LogP contribution in [-0.2, 0) is 7.05 Å². The fourth-order valence-electron chi connectivity index (χ4n) is 4.23. The van der Waals surface area contributed by atoms with Crippen molar-refractivity contribution in [2.24, 2.45) is 7.05 Å². The molecule has 0 fully saturated rings. The van der Waals surface area contributed by atoms with Gasteiger partial charge >= 0.3 is 5.71 Å². The van der Waals surface area contributed by atoms with E-state index < -0.39 is 0 Å². The van der Waals surface area contributed by atoms with Gasteiger partial charge in [-0.25, -0.2) is 4.57 Å². The van der Waals surface area contributed by atoms with Crippen molar-refractivity contribution < 1.29 is 8.98 Å². The number of pyridine rings is 1. The quantitative estimate of drug-likeness (QED) is 0.297. The standard InChI is InChI=1S/C24H18N3O/c1-15-7-3-4-8-17(15)24-26(2)14-23-27(24)21-11-16-13-25-20-10-6-5-9-18(20)19(16)12-22(21)28-23/h3-14H,1-2H3/q+1. The van der Waals surface area contributed by atoms with Crippen molar-refractivity contribution in [3.8, 4) is 11.4 Å². The first kappa shape index (κ1) is 15.4. The highest BCUT2D eigenvalue weighted by molar-refractivity contribution is 6.09. The van der Waals surface area contributed by atoms with Crippen molar-refractivity contribution in [1.29, 1.82) is 0 Å². The summed E-state index contributed by atoms with van der Waals surface area (Å²) in [5.74, 6) is 1.11. The number of imidazole rings is 1. The molecule has 0 aliphatic rings. The van der Waals surface area contributed by atoms with Gasteiger partial charge in [0.25, 0.3) is 5.82 Å². The minimum Gasteiger partial charge on any atom is -0.416 e. The van der Waals surface area contributed by atoms with E-state index in [1.54, 1.807) is 0 Å². The first-order valence-electron chi connectivity index (χ1n) is 9.38. The van der Waals surface area contributed by atoms with E-state index >= 15 is 0 Å². The summed E-state index contributed by atoms with van der Waals surface area (Å²) < 4.78 is 10.6. The Kier molecular flexibility index (Phi) is 2.98. The monoisotopic (exact) mass is 364 g/mol. The molecule has 6 aromatic rings. The van der Waals surface area contributed by atoms with Gasteiger partial charge in [-0.2, -0.15) is 4.40 Å². The number of nitrogens with zero attached hydrogens (tertiary/aromatic N) is 3. The molecule has 0 N–H and O–H groups in total. The maximum absolute atomic E-state index is 6.25. The van der Waals surface area contributed by atoms with Crippen molar-refractivity contribution in [3.05, 3.63) is 78.6 Å². The minimum atomic E-state index is 0.836. The molecule has 0 radical (unpaired) electrons. The molecule has 0 saturated carbocycles. The summed E-state index contributed by atoms with van der Waals surface area (Å²) in [6.45, 7) is 2.14. The molecule has 3 heterocycles. The van der Waals surface area contributed by atoms with Crippen molar-refractivity contribution in [2.75, 3.05) is 0 Å². The zero-order chi connectivity index (χ0) is 18.8. The van der Waals surface area contributed by atoms with E-state index in [2.05, 4.69) is 76.5 Å². The topological polar surface area (TPSA) is 34.3 Å². The van der Waals surface area contributed by atoms with Crippen LogP contribution in [0.1, 0.15) is 5.56 Å². The van der Waals surface area contributed by atoms with Crippen molar-refractivity contribution in [3.63, 3.8) is 0 Å². The molecule has 3 aromatic carbocycles. The number of rotatable bonds is 1. The van der Waals surface area contributed by atoms with Crippen molar-refractivity contribution >= 4 is 38.5 Å². The molecule has 0 unspecified atom stereocenters. The predicted molar refractivity (Wildman–Crippen MR) is 111 cm³/mol. The van der Waals surface area contributed by atoms with E-state index in [-0.39, 0.29) is 0 Å². The van der Waals surface area contributed by atoms with Gasteiger partial charge in [0.2, 0.25) is 0 Å². The number of hydrogen-bond donors (Lipinski definition) is 0. The molecule has 0 saturated heterocycles. The van der Waals surface area contributed by atoms with Gasteiger partial charge in [0.1, 0.15) is 0 Å². The van der Waals surface area contributed by atoms with E-state index in [1.165, 1.54) is 11.1 Å². The molecule has 0 aliphatic carbocycles. The Balaban J connectivity index is 1.76. The van der Waals surface area contributed by atoms with Gasteiger partial charge in [-0.1, -0.05) is 36.4 Å². The summed E-state index contributed by atoms with van der Waals surface area (Å²) in [5.41, 5.74) is 6.21. The SMILES string of the molecule is Cc1ccccc1-c1n2c(c[n+]1C)oc1cc3c(cnc4ccccc43)cc12. The Labute approximate surface area is 161 Å². The highest BCUT2D eigenvalue weighted by Gasteiger charge is 2.25. The predicted octanol–water partition coefficient (Wildman–Crippen LogP) is 5.19. The van der Waals surface area contributed by atoms with Crippen molar-refractivity contribution in [1.82, 2.24) is 9.38 Å². The van der Waals surface area contributed by atoms with Crippen LogP contribution in [-0.4, -0.2) is 9.38 Å². The highest BCUT2D eigenvalue weighted by Crippen LogP contribution is 2.32. The lowest BCUT2D eigenvalue weighted by molar-refractivity contribution is -0.658. The van der Waals surface area contributed by atoms with Gasteiger partial charge in [0.15, 0.2) is 17.3 Å². The van der Waals surface area contributed by atoms with Crippen LogP contribution >= 0.6 is 0 Å². The Bertz CT molecular complexity index is 1540. The summed E-state index contributed by atoms with van der Waals surface area (Å²) in [4.78, 5) is 4.64. The van der Waals surface area contributed by atoms with Gasteiger partial charge in [0, 0.05) is 17.0 Å². The number of para-hydroxylation sites is 1. The molecule has 0 aliphatic heterocycles. The molecule has 0 spiro atoms. The molecule has 4 nitrogen and oxygen atoms in total. The lowest BCUT2D eigenvalue weighted by atomic mass is 10.1. The lowest BCUT2D eigenvalue weighted by Gasteiger charge is -2.03. The molecular formula is C24H18N3O+. The fraction of sp³-hybridized carbons (Fsp3) is 0.0833. The number of hydrogen-bond acceptors (Lipinski definition) is 2. The normalized spacial score (nSPS) is 11.9. The summed E-state index contributed by atoms with van der Waals surface area (Å²) in [5, 5.41) is 3.42. The zero-order valence-corrected chi connectivity index (χ0v) is 15.7. The van der Waals surface area contributed by atoms with Crippen LogP contribution in [0.5, 0.6) is 0 Å². The van der Waals surface area contributed by atoms with Crippen LogP contribution < -0.4 is 4.57 Å². The smallest absolute Gasteiger partial charge is 0.336 e. The second-order valence-electron chi connectivity index (χ2n) is 7.34. The first-order valence-corrected chi connectivity index (χ1v) is 9.38. The van der Waals surface area contributed by atoms with Gasteiger partial charge in [-0.05, 0) is 42.1 Å². The first-order chi connectivity index (χ1) is 13.7. The van der Waals surface area contributed by atoms with Crippen LogP contribution in [0.3, 0.4) is 0 Å². The Morgan fingerprint density at radius 1 is 0.964 bits per heavy atom. The van der Waals surface area contributed by atoms with Gasteiger partial charge in [-0.15, -0.1) is 0 Å². The highest BCUT2D eigenvalue weighted by atomic mass is 16.3. The summed E-state index contributed by atoms with van der Waals surface area (Å²) in [6, 6.07) is 21.0. The molecule has 0 bridgehead atoms. The largest absolute Gasteiger partial charge is 0.416 e. The van der Waals surface area contributed by atoms with E-state index in [4.69, 9.17) is 4.42 Å². The third kappa shape index (κ3) is 2.00. The Morgan fingerprint density at radius 2 is 1.79 bits per heavy atom. The number of oxazole rings is 1. The third-order valence-corrected chi connectivity index (χ3v) is 5.58. The molecule has 134 valence electrons. The summed E-state index contributed by atoms with van der Waals surface area (Å²) in [7, 11) is 2.06.